The van der Waals surface area contributed by atoms with Crippen molar-refractivity contribution in [2.24, 2.45) is 11.8 Å². The van der Waals surface area contributed by atoms with E-state index in [1.165, 1.54) is 32.1 Å². The topological polar surface area (TPSA) is 54.0 Å². The second kappa shape index (κ2) is 8.01. The first-order valence-corrected chi connectivity index (χ1v) is 8.20. The van der Waals surface area contributed by atoms with Gasteiger partial charge in [-0.3, -0.25) is 9.78 Å². The van der Waals surface area contributed by atoms with Crippen LogP contribution in [0.2, 0.25) is 0 Å². The maximum atomic E-state index is 12.3. The van der Waals surface area contributed by atoms with Gasteiger partial charge in [-0.15, -0.1) is 0 Å². The van der Waals surface area contributed by atoms with Crippen LogP contribution in [0.4, 0.5) is 5.69 Å². The number of amides is 1. The number of pyridine rings is 1. The van der Waals surface area contributed by atoms with Crippen LogP contribution in [0.1, 0.15) is 56.3 Å². The molecule has 1 aromatic heterocycles. The lowest BCUT2D eigenvalue weighted by Gasteiger charge is -2.27. The zero-order chi connectivity index (χ0) is 15.1. The van der Waals surface area contributed by atoms with Gasteiger partial charge in [-0.05, 0) is 37.7 Å². The molecule has 1 heterocycles. The van der Waals surface area contributed by atoms with Crippen molar-refractivity contribution in [2.75, 3.05) is 18.4 Å². The van der Waals surface area contributed by atoms with Gasteiger partial charge < -0.3 is 10.6 Å². The highest BCUT2D eigenvalue weighted by Gasteiger charge is 2.21. The van der Waals surface area contributed by atoms with Crippen LogP contribution in [0.3, 0.4) is 0 Å². The van der Waals surface area contributed by atoms with Crippen LogP contribution in [0.5, 0.6) is 0 Å². The molecule has 0 spiro atoms. The second-order valence-corrected chi connectivity index (χ2v) is 5.96. The van der Waals surface area contributed by atoms with Gasteiger partial charge in [0.2, 0.25) is 0 Å². The zero-order valence-electron chi connectivity index (χ0n) is 13.2. The molecule has 2 rings (SSSR count). The smallest absolute Gasteiger partial charge is 0.253 e. The maximum Gasteiger partial charge on any atom is 0.253 e. The first-order valence-electron chi connectivity index (χ1n) is 8.20. The van der Waals surface area contributed by atoms with Crippen molar-refractivity contribution in [3.05, 3.63) is 24.0 Å². The number of hydrogen-bond acceptors (Lipinski definition) is 3. The van der Waals surface area contributed by atoms with Crippen molar-refractivity contribution in [2.45, 2.75) is 46.0 Å². The molecule has 0 bridgehead atoms. The minimum absolute atomic E-state index is 0.00552. The fourth-order valence-electron chi connectivity index (χ4n) is 3.10. The molecular weight excluding hydrogens is 262 g/mol. The van der Waals surface area contributed by atoms with E-state index in [1.807, 2.05) is 6.92 Å². The highest BCUT2D eigenvalue weighted by atomic mass is 16.1. The number of rotatable bonds is 6. The Morgan fingerprint density at radius 3 is 2.62 bits per heavy atom. The van der Waals surface area contributed by atoms with Crippen molar-refractivity contribution in [3.8, 4) is 0 Å². The summed E-state index contributed by atoms with van der Waals surface area (Å²) < 4.78 is 0. The van der Waals surface area contributed by atoms with E-state index >= 15 is 0 Å². The minimum Gasteiger partial charge on any atom is -0.383 e. The lowest BCUT2D eigenvalue weighted by Crippen LogP contribution is -2.31. The predicted octanol–water partition coefficient (Wildman–Crippen LogP) is 3.46. The van der Waals surface area contributed by atoms with Crippen LogP contribution >= 0.6 is 0 Å². The van der Waals surface area contributed by atoms with Gasteiger partial charge in [-0.1, -0.05) is 26.2 Å². The Bertz CT molecular complexity index is 453. The van der Waals surface area contributed by atoms with E-state index in [2.05, 4.69) is 22.5 Å². The maximum absolute atomic E-state index is 12.3. The van der Waals surface area contributed by atoms with Crippen LogP contribution in [0, 0.1) is 11.8 Å². The molecule has 0 atom stereocenters. The zero-order valence-corrected chi connectivity index (χ0v) is 13.2. The summed E-state index contributed by atoms with van der Waals surface area (Å²) in [5.74, 6) is 1.55. The molecule has 1 aliphatic carbocycles. The Labute approximate surface area is 127 Å². The summed E-state index contributed by atoms with van der Waals surface area (Å²) in [6.07, 6.45) is 9.80. The van der Waals surface area contributed by atoms with Crippen LogP contribution < -0.4 is 10.6 Å². The molecule has 1 aromatic rings. The molecule has 4 nitrogen and oxygen atoms in total. The summed E-state index contributed by atoms with van der Waals surface area (Å²) in [6.45, 7) is 5.87. The quantitative estimate of drug-likeness (QED) is 0.843. The van der Waals surface area contributed by atoms with Crippen molar-refractivity contribution < 1.29 is 4.79 Å². The third-order valence-corrected chi connectivity index (χ3v) is 4.53. The lowest BCUT2D eigenvalue weighted by molar-refractivity contribution is 0.0942. The van der Waals surface area contributed by atoms with Gasteiger partial charge in [0.1, 0.15) is 0 Å². The average Bonchev–Trinajstić information content (AvgIpc) is 2.54. The molecule has 0 aliphatic heterocycles. The average molecular weight is 289 g/mol. The Balaban J connectivity index is 1.85. The Kier molecular flexibility index (Phi) is 6.03. The normalized spacial score (nSPS) is 21.8. The van der Waals surface area contributed by atoms with Gasteiger partial charge in [0.25, 0.3) is 5.91 Å². The number of anilines is 1. The number of aromatic nitrogens is 1. The number of nitrogens with one attached hydrogen (secondary N) is 2. The summed E-state index contributed by atoms with van der Waals surface area (Å²) in [5.41, 5.74) is 1.50. The van der Waals surface area contributed by atoms with Gasteiger partial charge in [0.15, 0.2) is 0 Å². The summed E-state index contributed by atoms with van der Waals surface area (Å²) in [4.78, 5) is 16.4. The number of hydrogen-bond donors (Lipinski definition) is 2. The predicted molar refractivity (Wildman–Crippen MR) is 86.5 cm³/mol. The number of nitrogens with zero attached hydrogens (tertiary/aromatic N) is 1. The fraction of sp³-hybridized carbons (Fsp3) is 0.647. The van der Waals surface area contributed by atoms with Gasteiger partial charge in [0.05, 0.1) is 17.4 Å². The Morgan fingerprint density at radius 2 is 1.95 bits per heavy atom. The minimum atomic E-state index is 0.00552. The Morgan fingerprint density at radius 1 is 1.24 bits per heavy atom. The fourth-order valence-corrected chi connectivity index (χ4v) is 3.10. The third-order valence-electron chi connectivity index (χ3n) is 4.53. The van der Waals surface area contributed by atoms with Crippen LogP contribution in [0.15, 0.2) is 18.5 Å². The second-order valence-electron chi connectivity index (χ2n) is 5.96. The Hall–Kier alpha value is -1.58. The van der Waals surface area contributed by atoms with Gasteiger partial charge in [0, 0.05) is 19.3 Å². The first-order chi connectivity index (χ1) is 10.2. The van der Waals surface area contributed by atoms with E-state index < -0.39 is 0 Å². The molecular formula is C17H27N3O. The molecule has 0 unspecified atom stereocenters. The molecule has 1 fully saturated rings. The van der Waals surface area contributed by atoms with Crippen LogP contribution in [-0.2, 0) is 0 Å². The van der Waals surface area contributed by atoms with Crippen molar-refractivity contribution >= 4 is 11.6 Å². The number of carbonyl (C=O) groups excluding carboxylic acids is 1. The molecule has 116 valence electrons. The van der Waals surface area contributed by atoms with Crippen molar-refractivity contribution in [3.63, 3.8) is 0 Å². The van der Waals surface area contributed by atoms with E-state index in [1.54, 1.807) is 18.5 Å². The van der Waals surface area contributed by atoms with Gasteiger partial charge in [-0.25, -0.2) is 0 Å². The summed E-state index contributed by atoms with van der Waals surface area (Å²) in [7, 11) is 0. The molecule has 1 aliphatic rings. The first kappa shape index (κ1) is 15.8. The molecule has 0 radical (unpaired) electrons. The van der Waals surface area contributed by atoms with E-state index in [0.717, 1.165) is 24.7 Å². The highest BCUT2D eigenvalue weighted by Crippen LogP contribution is 2.30. The van der Waals surface area contributed by atoms with E-state index in [0.29, 0.717) is 11.5 Å². The summed E-state index contributed by atoms with van der Waals surface area (Å²) in [5, 5.41) is 6.28. The SMILES string of the molecule is CCNc1cnccc1C(=O)NCC1CCC(CC)CC1. The molecule has 0 aromatic carbocycles. The van der Waals surface area contributed by atoms with E-state index in [4.69, 9.17) is 0 Å². The van der Waals surface area contributed by atoms with Crippen LogP contribution in [-0.4, -0.2) is 24.0 Å². The molecule has 1 amide bonds. The van der Waals surface area contributed by atoms with Gasteiger partial charge in [-0.2, -0.15) is 0 Å². The molecule has 21 heavy (non-hydrogen) atoms. The van der Waals surface area contributed by atoms with Gasteiger partial charge >= 0.3 is 0 Å². The molecule has 4 heteroatoms. The van der Waals surface area contributed by atoms with Crippen LogP contribution in [0.25, 0.3) is 0 Å². The standard InChI is InChI=1S/C17H27N3O/c1-3-13-5-7-14(8-6-13)11-20-17(21)15-9-10-18-12-16(15)19-4-2/h9-10,12-14,19H,3-8,11H2,1-2H3,(H,20,21). The molecule has 1 saturated carbocycles. The molecule has 0 saturated heterocycles. The monoisotopic (exact) mass is 289 g/mol. The third kappa shape index (κ3) is 4.45. The largest absolute Gasteiger partial charge is 0.383 e. The van der Waals surface area contributed by atoms with E-state index in [-0.39, 0.29) is 5.91 Å². The van der Waals surface area contributed by atoms with Crippen molar-refractivity contribution in [1.82, 2.24) is 10.3 Å². The number of carbonyl (C=O) groups is 1. The summed E-state index contributed by atoms with van der Waals surface area (Å²) in [6, 6.07) is 1.78. The summed E-state index contributed by atoms with van der Waals surface area (Å²) >= 11 is 0. The lowest BCUT2D eigenvalue weighted by atomic mass is 9.81. The van der Waals surface area contributed by atoms with E-state index in [9.17, 15) is 4.79 Å². The van der Waals surface area contributed by atoms with Crippen molar-refractivity contribution in [1.29, 1.82) is 0 Å². The highest BCUT2D eigenvalue weighted by molar-refractivity contribution is 5.99. The molecule has 2 N–H and O–H groups in total.